The van der Waals surface area contributed by atoms with E-state index in [4.69, 9.17) is 10.5 Å². The van der Waals surface area contributed by atoms with Gasteiger partial charge in [-0.05, 0) is 35.7 Å². The Bertz CT molecular complexity index is 385. The molecule has 0 fully saturated rings. The van der Waals surface area contributed by atoms with Crippen LogP contribution in [0.15, 0.2) is 29.4 Å². The van der Waals surface area contributed by atoms with Crippen LogP contribution in [0.1, 0.15) is 19.4 Å². The van der Waals surface area contributed by atoms with Crippen LogP contribution in [0.25, 0.3) is 0 Å². The highest BCUT2D eigenvalue weighted by atomic mass is 16.5. The Balaban J connectivity index is 2.50. The molecule has 1 aromatic rings. The molecule has 3 N–H and O–H groups in total. The topological polar surface area (TPSA) is 76.7 Å². The predicted octanol–water partition coefficient (Wildman–Crippen LogP) is 1.72. The summed E-state index contributed by atoms with van der Waals surface area (Å²) in [6.45, 7) is 4.88. The van der Waals surface area contributed by atoms with Crippen molar-refractivity contribution < 1.29 is 9.53 Å². The van der Waals surface area contributed by atoms with Gasteiger partial charge < -0.3 is 10.5 Å². The maximum atomic E-state index is 10.4. The number of nitrogens with zero attached hydrogens (tertiary/aromatic N) is 1. The number of primary amides is 1. The number of carbonyl (C=O) groups excluding carboxylic acids is 1. The summed E-state index contributed by atoms with van der Waals surface area (Å²) in [6, 6.07) is 6.73. The van der Waals surface area contributed by atoms with E-state index in [1.807, 2.05) is 24.3 Å². The maximum absolute atomic E-state index is 10.4. The average molecular weight is 235 g/mol. The molecule has 0 saturated heterocycles. The third kappa shape index (κ3) is 5.55. The van der Waals surface area contributed by atoms with Crippen molar-refractivity contribution in [2.45, 2.75) is 13.8 Å². The molecule has 0 radical (unpaired) electrons. The maximum Gasteiger partial charge on any atom is 0.332 e. The highest BCUT2D eigenvalue weighted by Crippen LogP contribution is 2.12. The van der Waals surface area contributed by atoms with Crippen LogP contribution in [0.5, 0.6) is 5.75 Å². The molecule has 0 aliphatic rings. The van der Waals surface area contributed by atoms with E-state index >= 15 is 0 Å². The normalized spacial score (nSPS) is 10.8. The lowest BCUT2D eigenvalue weighted by atomic mass is 10.2. The lowest BCUT2D eigenvalue weighted by molar-refractivity contribution is 0.249. The zero-order valence-corrected chi connectivity index (χ0v) is 10.0. The zero-order chi connectivity index (χ0) is 12.7. The van der Waals surface area contributed by atoms with Gasteiger partial charge in [0.05, 0.1) is 12.8 Å². The van der Waals surface area contributed by atoms with Gasteiger partial charge in [0, 0.05) is 0 Å². The smallest absolute Gasteiger partial charge is 0.332 e. The van der Waals surface area contributed by atoms with Gasteiger partial charge in [0.1, 0.15) is 5.75 Å². The summed E-state index contributed by atoms with van der Waals surface area (Å²) in [6.07, 6.45) is 1.51. The Morgan fingerprint density at radius 3 is 2.65 bits per heavy atom. The van der Waals surface area contributed by atoms with Crippen LogP contribution in [0.4, 0.5) is 4.79 Å². The number of hydrazone groups is 1. The monoisotopic (exact) mass is 235 g/mol. The molecule has 0 saturated carbocycles. The molecule has 0 aliphatic carbocycles. The van der Waals surface area contributed by atoms with Crippen LogP contribution in [0, 0.1) is 5.92 Å². The van der Waals surface area contributed by atoms with Crippen molar-refractivity contribution in [1.29, 1.82) is 0 Å². The fourth-order valence-corrected chi connectivity index (χ4v) is 1.08. The minimum Gasteiger partial charge on any atom is -0.493 e. The van der Waals surface area contributed by atoms with Gasteiger partial charge in [-0.3, -0.25) is 0 Å². The van der Waals surface area contributed by atoms with Crippen molar-refractivity contribution in [1.82, 2.24) is 5.43 Å². The number of benzene rings is 1. The van der Waals surface area contributed by atoms with E-state index in [0.29, 0.717) is 12.5 Å². The van der Waals surface area contributed by atoms with Crippen LogP contribution in [0.3, 0.4) is 0 Å². The summed E-state index contributed by atoms with van der Waals surface area (Å²) in [5, 5.41) is 3.65. The third-order valence-corrected chi connectivity index (χ3v) is 1.85. The Morgan fingerprint density at radius 1 is 1.47 bits per heavy atom. The van der Waals surface area contributed by atoms with E-state index in [2.05, 4.69) is 24.4 Å². The molecular weight excluding hydrogens is 218 g/mol. The molecule has 1 rings (SSSR count). The van der Waals surface area contributed by atoms with Crippen LogP contribution >= 0.6 is 0 Å². The van der Waals surface area contributed by atoms with E-state index in [-0.39, 0.29) is 0 Å². The highest BCUT2D eigenvalue weighted by Gasteiger charge is 1.96. The number of hydrogen-bond acceptors (Lipinski definition) is 3. The first-order chi connectivity index (χ1) is 8.08. The number of amides is 2. The Hall–Kier alpha value is -2.04. The number of hydrogen-bond donors (Lipinski definition) is 2. The molecule has 5 nitrogen and oxygen atoms in total. The van der Waals surface area contributed by atoms with Gasteiger partial charge in [-0.2, -0.15) is 5.10 Å². The molecule has 0 heterocycles. The zero-order valence-electron chi connectivity index (χ0n) is 10.0. The summed E-state index contributed by atoms with van der Waals surface area (Å²) in [5.41, 5.74) is 7.85. The molecule has 1 aromatic carbocycles. The van der Waals surface area contributed by atoms with Gasteiger partial charge in [0.25, 0.3) is 0 Å². The first-order valence-corrected chi connectivity index (χ1v) is 5.39. The Morgan fingerprint density at radius 2 is 2.12 bits per heavy atom. The van der Waals surface area contributed by atoms with Crippen LogP contribution in [-0.2, 0) is 0 Å². The molecule has 0 aliphatic heterocycles. The van der Waals surface area contributed by atoms with E-state index in [9.17, 15) is 4.79 Å². The Kier molecular flexibility index (Phi) is 5.00. The molecule has 0 atom stereocenters. The Labute approximate surface area is 101 Å². The van der Waals surface area contributed by atoms with Crippen molar-refractivity contribution in [3.05, 3.63) is 29.8 Å². The van der Waals surface area contributed by atoms with E-state index in [1.54, 1.807) is 0 Å². The summed E-state index contributed by atoms with van der Waals surface area (Å²) in [7, 11) is 0. The predicted molar refractivity (Wildman–Crippen MR) is 67.1 cm³/mol. The summed E-state index contributed by atoms with van der Waals surface area (Å²) in [4.78, 5) is 10.4. The van der Waals surface area contributed by atoms with E-state index < -0.39 is 6.03 Å². The molecule has 2 amide bonds. The van der Waals surface area contributed by atoms with E-state index in [0.717, 1.165) is 11.3 Å². The molecule has 0 aromatic heterocycles. The molecule has 0 unspecified atom stereocenters. The molecule has 92 valence electrons. The molecular formula is C12H17N3O2. The molecule has 0 spiro atoms. The van der Waals surface area contributed by atoms with Gasteiger partial charge in [-0.15, -0.1) is 0 Å². The number of carbonyl (C=O) groups is 1. The lowest BCUT2D eigenvalue weighted by Crippen LogP contribution is -2.24. The summed E-state index contributed by atoms with van der Waals surface area (Å²) in [5.74, 6) is 1.31. The summed E-state index contributed by atoms with van der Waals surface area (Å²) >= 11 is 0. The fraction of sp³-hybridized carbons (Fsp3) is 0.333. The second kappa shape index (κ2) is 6.52. The van der Waals surface area contributed by atoms with Crippen molar-refractivity contribution in [2.24, 2.45) is 16.8 Å². The number of rotatable bonds is 5. The SMILES string of the molecule is CC(C)COc1ccc(C=NNC(N)=O)cc1. The van der Waals surface area contributed by atoms with Crippen molar-refractivity contribution in [2.75, 3.05) is 6.61 Å². The molecule has 5 heteroatoms. The lowest BCUT2D eigenvalue weighted by Gasteiger charge is -2.08. The van der Waals surface area contributed by atoms with Crippen molar-refractivity contribution >= 4 is 12.2 Å². The molecule has 17 heavy (non-hydrogen) atoms. The van der Waals surface area contributed by atoms with Crippen molar-refractivity contribution in [3.63, 3.8) is 0 Å². The number of ether oxygens (including phenoxy) is 1. The highest BCUT2D eigenvalue weighted by molar-refractivity contribution is 5.81. The standard InChI is InChI=1S/C12H17N3O2/c1-9(2)8-17-11-5-3-10(4-6-11)7-14-15-12(13)16/h3-7,9H,8H2,1-2H3,(H3,13,15,16). The van der Waals surface area contributed by atoms with Gasteiger partial charge in [0.15, 0.2) is 0 Å². The first kappa shape index (κ1) is 13.0. The third-order valence-electron chi connectivity index (χ3n) is 1.85. The van der Waals surface area contributed by atoms with Gasteiger partial charge >= 0.3 is 6.03 Å². The van der Waals surface area contributed by atoms with Gasteiger partial charge in [-0.25, -0.2) is 10.2 Å². The number of urea groups is 1. The van der Waals surface area contributed by atoms with Crippen LogP contribution in [0.2, 0.25) is 0 Å². The van der Waals surface area contributed by atoms with E-state index in [1.165, 1.54) is 6.21 Å². The van der Waals surface area contributed by atoms with Crippen molar-refractivity contribution in [3.8, 4) is 5.75 Å². The number of nitrogens with one attached hydrogen (secondary N) is 1. The largest absolute Gasteiger partial charge is 0.493 e. The second-order valence-corrected chi connectivity index (χ2v) is 4.01. The number of nitrogens with two attached hydrogens (primary N) is 1. The van der Waals surface area contributed by atoms with Crippen LogP contribution < -0.4 is 15.9 Å². The summed E-state index contributed by atoms with van der Waals surface area (Å²) < 4.78 is 5.53. The van der Waals surface area contributed by atoms with Gasteiger partial charge in [-0.1, -0.05) is 13.8 Å². The fourth-order valence-electron chi connectivity index (χ4n) is 1.08. The average Bonchev–Trinajstić information content (AvgIpc) is 2.27. The minimum absolute atomic E-state index is 0.496. The quantitative estimate of drug-likeness (QED) is 0.602. The first-order valence-electron chi connectivity index (χ1n) is 5.39. The minimum atomic E-state index is -0.682. The van der Waals surface area contributed by atoms with Crippen LogP contribution in [-0.4, -0.2) is 18.9 Å². The second-order valence-electron chi connectivity index (χ2n) is 4.01. The molecule has 0 bridgehead atoms. The van der Waals surface area contributed by atoms with Gasteiger partial charge in [0.2, 0.25) is 0 Å².